The van der Waals surface area contributed by atoms with Crippen molar-refractivity contribution < 1.29 is 13.5 Å². The fourth-order valence-electron chi connectivity index (χ4n) is 1.70. The number of rotatable bonds is 5. The fraction of sp³-hybridized carbons (Fsp3) is 0.364. The number of alkyl halides is 2. The van der Waals surface area contributed by atoms with Crippen molar-refractivity contribution in [3.63, 3.8) is 0 Å². The molecule has 0 amide bonds. The van der Waals surface area contributed by atoms with E-state index in [1.165, 1.54) is 0 Å². The molecule has 104 valence electrons. The van der Waals surface area contributed by atoms with E-state index < -0.39 is 13.0 Å². The molecule has 0 saturated heterocycles. The maximum absolute atomic E-state index is 11.9. The summed E-state index contributed by atoms with van der Waals surface area (Å²) in [6.45, 7) is -0.174. The molecule has 4 nitrogen and oxygen atoms in total. The quantitative estimate of drug-likeness (QED) is 0.863. The summed E-state index contributed by atoms with van der Waals surface area (Å²) >= 11 is 11.8. The van der Waals surface area contributed by atoms with Crippen molar-refractivity contribution in [3.8, 4) is 0 Å². The minimum Gasteiger partial charge on any atom is -0.374 e. The van der Waals surface area contributed by atoms with Gasteiger partial charge in [-0.05, 0) is 12.1 Å². The maximum Gasteiger partial charge on any atom is 0.261 e. The predicted molar refractivity (Wildman–Crippen MR) is 71.0 cm³/mol. The largest absolute Gasteiger partial charge is 0.374 e. The zero-order chi connectivity index (χ0) is 14.0. The lowest BCUT2D eigenvalue weighted by molar-refractivity contribution is 0.0151. The zero-order valence-corrected chi connectivity index (χ0v) is 11.3. The summed E-state index contributed by atoms with van der Waals surface area (Å²) in [7, 11) is 0. The summed E-state index contributed by atoms with van der Waals surface area (Å²) in [6.07, 6.45) is -2.48. The van der Waals surface area contributed by atoms with Crippen LogP contribution in [0.15, 0.2) is 12.1 Å². The van der Waals surface area contributed by atoms with E-state index in [0.717, 1.165) is 0 Å². The number of nitrogen functional groups attached to an aromatic ring is 1. The molecule has 0 atom stereocenters. The van der Waals surface area contributed by atoms with Gasteiger partial charge in [0, 0.05) is 6.54 Å². The lowest BCUT2D eigenvalue weighted by atomic mass is 10.3. The first kappa shape index (κ1) is 14.3. The molecule has 0 saturated carbocycles. The van der Waals surface area contributed by atoms with Crippen molar-refractivity contribution >= 4 is 40.2 Å². The van der Waals surface area contributed by atoms with Gasteiger partial charge in [-0.1, -0.05) is 23.2 Å². The molecule has 0 aliphatic rings. The van der Waals surface area contributed by atoms with Crippen LogP contribution >= 0.6 is 23.2 Å². The first-order valence-electron chi connectivity index (χ1n) is 5.45. The number of nitrogens with two attached hydrogens (primary N) is 1. The van der Waals surface area contributed by atoms with Crippen LogP contribution in [0.5, 0.6) is 0 Å². The Balaban J connectivity index is 2.18. The normalized spacial score (nSPS) is 11.6. The van der Waals surface area contributed by atoms with Gasteiger partial charge in [0.05, 0.1) is 27.7 Å². The van der Waals surface area contributed by atoms with E-state index in [1.54, 1.807) is 16.7 Å². The Morgan fingerprint density at radius 1 is 1.32 bits per heavy atom. The fourth-order valence-corrected chi connectivity index (χ4v) is 2.02. The molecule has 1 heterocycles. The molecule has 0 aliphatic heterocycles. The van der Waals surface area contributed by atoms with Crippen molar-refractivity contribution in [3.05, 3.63) is 22.2 Å². The monoisotopic (exact) mass is 309 g/mol. The minimum absolute atomic E-state index is 0.111. The topological polar surface area (TPSA) is 53.1 Å². The summed E-state index contributed by atoms with van der Waals surface area (Å²) in [5.74, 6) is 0.258. The molecule has 0 aliphatic carbocycles. The highest BCUT2D eigenvalue weighted by molar-refractivity contribution is 6.42. The minimum atomic E-state index is -2.48. The SMILES string of the molecule is Nc1nc2cc(Cl)c(Cl)cc2n1CCOCC(F)F. The summed E-state index contributed by atoms with van der Waals surface area (Å²) in [5, 5.41) is 0.761. The Kier molecular flexibility index (Phi) is 4.44. The Labute approximate surface area is 118 Å². The van der Waals surface area contributed by atoms with Gasteiger partial charge in [-0.15, -0.1) is 0 Å². The van der Waals surface area contributed by atoms with Crippen LogP contribution in [-0.4, -0.2) is 29.2 Å². The van der Waals surface area contributed by atoms with E-state index in [4.69, 9.17) is 33.7 Å². The Hall–Kier alpha value is -1.11. The van der Waals surface area contributed by atoms with E-state index in [1.807, 2.05) is 0 Å². The van der Waals surface area contributed by atoms with Crippen molar-refractivity contribution in [2.45, 2.75) is 13.0 Å². The van der Waals surface area contributed by atoms with Gasteiger partial charge in [-0.2, -0.15) is 0 Å². The average Bonchev–Trinajstić information content (AvgIpc) is 2.61. The van der Waals surface area contributed by atoms with Gasteiger partial charge in [-0.25, -0.2) is 13.8 Å². The molecule has 0 radical (unpaired) electrons. The van der Waals surface area contributed by atoms with Gasteiger partial charge in [0.15, 0.2) is 0 Å². The number of halogens is 4. The molecule has 2 N–H and O–H groups in total. The standard InChI is InChI=1S/C11H11Cl2F2N3O/c12-6-3-8-9(4-7(6)13)18(11(16)17-8)1-2-19-5-10(14)15/h3-4,10H,1-2,5H2,(H2,16,17). The van der Waals surface area contributed by atoms with Crippen LogP contribution in [0.3, 0.4) is 0 Å². The molecule has 1 aromatic carbocycles. The second kappa shape index (κ2) is 5.90. The van der Waals surface area contributed by atoms with Gasteiger partial charge in [0.25, 0.3) is 6.43 Å². The van der Waals surface area contributed by atoms with Gasteiger partial charge < -0.3 is 15.0 Å². The predicted octanol–water partition coefficient (Wildman–Crippen LogP) is 3.21. The molecular weight excluding hydrogens is 299 g/mol. The van der Waals surface area contributed by atoms with Gasteiger partial charge in [-0.3, -0.25) is 0 Å². The molecule has 0 fully saturated rings. The summed E-state index contributed by atoms with van der Waals surface area (Å²) in [4.78, 5) is 4.12. The average molecular weight is 310 g/mol. The molecule has 0 bridgehead atoms. The molecule has 0 unspecified atom stereocenters. The number of aromatic nitrogens is 2. The van der Waals surface area contributed by atoms with E-state index in [-0.39, 0.29) is 12.6 Å². The Morgan fingerprint density at radius 2 is 2.00 bits per heavy atom. The third-order valence-corrected chi connectivity index (χ3v) is 3.25. The van der Waals surface area contributed by atoms with E-state index in [0.29, 0.717) is 27.6 Å². The highest BCUT2D eigenvalue weighted by Gasteiger charge is 2.11. The van der Waals surface area contributed by atoms with Crippen molar-refractivity contribution in [2.24, 2.45) is 0 Å². The van der Waals surface area contributed by atoms with Crippen LogP contribution in [0.2, 0.25) is 10.0 Å². The highest BCUT2D eigenvalue weighted by Crippen LogP contribution is 2.28. The second-order valence-electron chi connectivity index (χ2n) is 3.84. The Bertz CT molecular complexity index is 589. The van der Waals surface area contributed by atoms with E-state index in [9.17, 15) is 8.78 Å². The van der Waals surface area contributed by atoms with Crippen molar-refractivity contribution in [1.82, 2.24) is 9.55 Å². The summed E-state index contributed by atoms with van der Waals surface area (Å²) in [5.41, 5.74) is 7.04. The highest BCUT2D eigenvalue weighted by atomic mass is 35.5. The Morgan fingerprint density at radius 3 is 2.68 bits per heavy atom. The first-order valence-corrected chi connectivity index (χ1v) is 6.21. The van der Waals surface area contributed by atoms with Crippen LogP contribution in [-0.2, 0) is 11.3 Å². The number of fused-ring (bicyclic) bond motifs is 1. The summed E-state index contributed by atoms with van der Waals surface area (Å²) in [6, 6.07) is 3.24. The van der Waals surface area contributed by atoms with Crippen molar-refractivity contribution in [2.75, 3.05) is 18.9 Å². The van der Waals surface area contributed by atoms with Crippen LogP contribution in [0.4, 0.5) is 14.7 Å². The number of imidazole rings is 1. The number of nitrogens with zero attached hydrogens (tertiary/aromatic N) is 2. The lowest BCUT2D eigenvalue weighted by Crippen LogP contribution is -2.12. The van der Waals surface area contributed by atoms with Gasteiger partial charge in [0.1, 0.15) is 6.61 Å². The van der Waals surface area contributed by atoms with Crippen LogP contribution in [0.25, 0.3) is 11.0 Å². The van der Waals surface area contributed by atoms with Crippen LogP contribution in [0, 0.1) is 0 Å². The molecule has 1 aromatic heterocycles. The third kappa shape index (κ3) is 3.26. The first-order chi connectivity index (χ1) is 8.99. The van der Waals surface area contributed by atoms with Crippen LogP contribution < -0.4 is 5.73 Å². The zero-order valence-electron chi connectivity index (χ0n) is 9.75. The number of hydrogen-bond acceptors (Lipinski definition) is 3. The summed E-state index contributed by atoms with van der Waals surface area (Å²) < 4.78 is 30.3. The number of ether oxygens (including phenoxy) is 1. The van der Waals surface area contributed by atoms with Crippen molar-refractivity contribution in [1.29, 1.82) is 0 Å². The van der Waals surface area contributed by atoms with Gasteiger partial charge in [0.2, 0.25) is 5.95 Å². The number of anilines is 1. The molecule has 8 heteroatoms. The lowest BCUT2D eigenvalue weighted by Gasteiger charge is -2.07. The van der Waals surface area contributed by atoms with Crippen LogP contribution in [0.1, 0.15) is 0 Å². The van der Waals surface area contributed by atoms with E-state index >= 15 is 0 Å². The van der Waals surface area contributed by atoms with Gasteiger partial charge >= 0.3 is 0 Å². The van der Waals surface area contributed by atoms with E-state index in [2.05, 4.69) is 4.98 Å². The smallest absolute Gasteiger partial charge is 0.261 e. The molecule has 2 aromatic rings. The molecule has 2 rings (SSSR count). The maximum atomic E-state index is 11.9. The molecule has 19 heavy (non-hydrogen) atoms. The number of hydrogen-bond donors (Lipinski definition) is 1. The number of benzene rings is 1. The molecule has 0 spiro atoms. The third-order valence-electron chi connectivity index (χ3n) is 2.52. The molecular formula is C11H11Cl2F2N3O. The second-order valence-corrected chi connectivity index (χ2v) is 4.66.